The topological polar surface area (TPSA) is 57.6 Å². The second kappa shape index (κ2) is 8.35. The van der Waals surface area contributed by atoms with Gasteiger partial charge in [-0.2, -0.15) is 0 Å². The average Bonchev–Trinajstić information content (AvgIpc) is 2.46. The molecule has 0 aliphatic carbocycles. The number of nitrogens with zero attached hydrogens (tertiary/aromatic N) is 1. The molecule has 0 saturated carbocycles. The van der Waals surface area contributed by atoms with Gasteiger partial charge in [-0.05, 0) is 25.0 Å². The monoisotopic (exact) mass is 277 g/mol. The van der Waals surface area contributed by atoms with Crippen molar-refractivity contribution in [1.82, 2.24) is 4.90 Å². The zero-order chi connectivity index (χ0) is 15.0. The summed E-state index contributed by atoms with van der Waals surface area (Å²) in [5.41, 5.74) is 0.364. The Morgan fingerprint density at radius 2 is 1.50 bits per heavy atom. The van der Waals surface area contributed by atoms with E-state index in [0.29, 0.717) is 13.1 Å². The van der Waals surface area contributed by atoms with Crippen molar-refractivity contribution in [3.8, 4) is 0 Å². The SMILES string of the molecule is CCCCN(CCCC)C(=O)c1ccccc1C(=O)O. The first-order chi connectivity index (χ1) is 9.61. The highest BCUT2D eigenvalue weighted by Gasteiger charge is 2.20. The van der Waals surface area contributed by atoms with Gasteiger partial charge < -0.3 is 10.0 Å². The number of carboxylic acid groups (broad SMARTS) is 1. The van der Waals surface area contributed by atoms with E-state index in [0.717, 1.165) is 25.7 Å². The largest absolute Gasteiger partial charge is 0.478 e. The number of hydrogen-bond donors (Lipinski definition) is 1. The summed E-state index contributed by atoms with van der Waals surface area (Å²) in [6.07, 6.45) is 3.89. The summed E-state index contributed by atoms with van der Waals surface area (Å²) in [6.45, 7) is 5.52. The summed E-state index contributed by atoms with van der Waals surface area (Å²) in [5.74, 6) is -1.23. The highest BCUT2D eigenvalue weighted by molar-refractivity contribution is 6.04. The van der Waals surface area contributed by atoms with Crippen LogP contribution in [-0.2, 0) is 0 Å². The van der Waals surface area contributed by atoms with Gasteiger partial charge in [-0.15, -0.1) is 0 Å². The van der Waals surface area contributed by atoms with E-state index < -0.39 is 5.97 Å². The first-order valence-corrected chi connectivity index (χ1v) is 7.23. The lowest BCUT2D eigenvalue weighted by molar-refractivity contribution is 0.0674. The van der Waals surface area contributed by atoms with Gasteiger partial charge in [0, 0.05) is 13.1 Å². The molecule has 0 unspecified atom stereocenters. The molecule has 0 aromatic heterocycles. The molecule has 0 aliphatic heterocycles. The van der Waals surface area contributed by atoms with Gasteiger partial charge in [0.05, 0.1) is 11.1 Å². The summed E-state index contributed by atoms with van der Waals surface area (Å²) in [4.78, 5) is 25.5. The maximum absolute atomic E-state index is 12.5. The summed E-state index contributed by atoms with van der Waals surface area (Å²) in [7, 11) is 0. The molecule has 4 heteroatoms. The van der Waals surface area contributed by atoms with E-state index in [-0.39, 0.29) is 17.0 Å². The fourth-order valence-electron chi connectivity index (χ4n) is 2.04. The normalized spacial score (nSPS) is 10.3. The first-order valence-electron chi connectivity index (χ1n) is 7.23. The van der Waals surface area contributed by atoms with Gasteiger partial charge in [0.1, 0.15) is 0 Å². The van der Waals surface area contributed by atoms with Gasteiger partial charge in [-0.1, -0.05) is 38.8 Å². The number of carbonyl (C=O) groups is 2. The highest BCUT2D eigenvalue weighted by Crippen LogP contribution is 2.13. The highest BCUT2D eigenvalue weighted by atomic mass is 16.4. The van der Waals surface area contributed by atoms with Gasteiger partial charge in [-0.3, -0.25) is 4.79 Å². The Bertz CT molecular complexity index is 449. The zero-order valence-electron chi connectivity index (χ0n) is 12.3. The third kappa shape index (κ3) is 4.37. The number of rotatable bonds is 8. The Morgan fingerprint density at radius 1 is 1.00 bits per heavy atom. The molecule has 20 heavy (non-hydrogen) atoms. The standard InChI is InChI=1S/C16H23NO3/c1-3-5-11-17(12-6-4-2)15(18)13-9-7-8-10-14(13)16(19)20/h7-10H,3-6,11-12H2,1-2H3,(H,19,20). The van der Waals surface area contributed by atoms with E-state index in [9.17, 15) is 14.7 Å². The molecule has 0 saturated heterocycles. The quantitative estimate of drug-likeness (QED) is 0.792. The Balaban J connectivity index is 2.95. The number of aromatic carboxylic acids is 1. The van der Waals surface area contributed by atoms with Crippen molar-refractivity contribution in [3.05, 3.63) is 35.4 Å². The fraction of sp³-hybridized carbons (Fsp3) is 0.500. The summed E-state index contributed by atoms with van der Waals surface area (Å²) >= 11 is 0. The summed E-state index contributed by atoms with van der Waals surface area (Å²) in [5, 5.41) is 9.18. The van der Waals surface area contributed by atoms with Crippen LogP contribution in [0, 0.1) is 0 Å². The minimum absolute atomic E-state index is 0.0792. The number of benzene rings is 1. The van der Waals surface area contributed by atoms with E-state index in [1.165, 1.54) is 6.07 Å². The van der Waals surface area contributed by atoms with Crippen molar-refractivity contribution in [2.24, 2.45) is 0 Å². The van der Waals surface area contributed by atoms with Gasteiger partial charge >= 0.3 is 5.97 Å². The molecule has 1 N–H and O–H groups in total. The van der Waals surface area contributed by atoms with Crippen LogP contribution in [0.4, 0.5) is 0 Å². The van der Waals surface area contributed by atoms with Gasteiger partial charge in [0.2, 0.25) is 0 Å². The van der Waals surface area contributed by atoms with E-state index >= 15 is 0 Å². The van der Waals surface area contributed by atoms with Crippen LogP contribution in [0.2, 0.25) is 0 Å². The number of carboxylic acids is 1. The summed E-state index contributed by atoms with van der Waals surface area (Å²) < 4.78 is 0. The van der Waals surface area contributed by atoms with Crippen LogP contribution in [0.5, 0.6) is 0 Å². The smallest absolute Gasteiger partial charge is 0.336 e. The Labute approximate surface area is 120 Å². The van der Waals surface area contributed by atoms with Crippen LogP contribution in [-0.4, -0.2) is 35.0 Å². The minimum Gasteiger partial charge on any atom is -0.478 e. The Kier molecular flexibility index (Phi) is 6.77. The molecule has 0 heterocycles. The minimum atomic E-state index is -1.06. The van der Waals surface area contributed by atoms with E-state index in [4.69, 9.17) is 0 Å². The lowest BCUT2D eigenvalue weighted by atomic mass is 10.1. The molecule has 1 rings (SSSR count). The Morgan fingerprint density at radius 3 is 1.95 bits per heavy atom. The van der Waals surface area contributed by atoms with Gasteiger partial charge in [0.25, 0.3) is 5.91 Å². The van der Waals surface area contributed by atoms with Crippen molar-refractivity contribution < 1.29 is 14.7 Å². The van der Waals surface area contributed by atoms with Crippen molar-refractivity contribution in [2.45, 2.75) is 39.5 Å². The predicted octanol–water partition coefficient (Wildman–Crippen LogP) is 3.43. The molecule has 1 amide bonds. The number of unbranched alkanes of at least 4 members (excludes halogenated alkanes) is 2. The number of amides is 1. The summed E-state index contributed by atoms with van der Waals surface area (Å²) in [6, 6.07) is 6.42. The fourth-order valence-corrected chi connectivity index (χ4v) is 2.04. The van der Waals surface area contributed by atoms with Crippen LogP contribution in [0.3, 0.4) is 0 Å². The maximum Gasteiger partial charge on any atom is 0.336 e. The molecule has 0 radical (unpaired) electrons. The second-order valence-corrected chi connectivity index (χ2v) is 4.85. The third-order valence-corrected chi connectivity index (χ3v) is 3.24. The van der Waals surface area contributed by atoms with E-state index in [2.05, 4.69) is 13.8 Å². The van der Waals surface area contributed by atoms with Crippen LogP contribution < -0.4 is 0 Å². The second-order valence-electron chi connectivity index (χ2n) is 4.85. The van der Waals surface area contributed by atoms with Gasteiger partial charge in [-0.25, -0.2) is 4.79 Å². The molecule has 4 nitrogen and oxygen atoms in total. The molecule has 0 spiro atoms. The molecule has 1 aromatic rings. The molecule has 0 aliphatic rings. The van der Waals surface area contributed by atoms with E-state index in [1.54, 1.807) is 23.1 Å². The average molecular weight is 277 g/mol. The van der Waals surface area contributed by atoms with Crippen molar-refractivity contribution in [2.75, 3.05) is 13.1 Å². The predicted molar refractivity (Wildman–Crippen MR) is 79.1 cm³/mol. The Hall–Kier alpha value is -1.84. The molecule has 1 aromatic carbocycles. The van der Waals surface area contributed by atoms with Crippen LogP contribution in [0.15, 0.2) is 24.3 Å². The van der Waals surface area contributed by atoms with Crippen molar-refractivity contribution >= 4 is 11.9 Å². The van der Waals surface area contributed by atoms with Gasteiger partial charge in [0.15, 0.2) is 0 Å². The van der Waals surface area contributed by atoms with Crippen molar-refractivity contribution in [1.29, 1.82) is 0 Å². The molecule has 0 fully saturated rings. The van der Waals surface area contributed by atoms with Crippen LogP contribution in [0.1, 0.15) is 60.2 Å². The zero-order valence-corrected chi connectivity index (χ0v) is 12.3. The first kappa shape index (κ1) is 16.2. The number of hydrogen-bond acceptors (Lipinski definition) is 2. The van der Waals surface area contributed by atoms with Crippen LogP contribution >= 0.6 is 0 Å². The third-order valence-electron chi connectivity index (χ3n) is 3.24. The maximum atomic E-state index is 12.5. The van der Waals surface area contributed by atoms with Crippen molar-refractivity contribution in [3.63, 3.8) is 0 Å². The molecular weight excluding hydrogens is 254 g/mol. The van der Waals surface area contributed by atoms with E-state index in [1.807, 2.05) is 0 Å². The molecule has 0 atom stereocenters. The molecule has 0 bridgehead atoms. The number of carbonyl (C=O) groups excluding carboxylic acids is 1. The molecular formula is C16H23NO3. The van der Waals surface area contributed by atoms with Crippen LogP contribution in [0.25, 0.3) is 0 Å². The lowest BCUT2D eigenvalue weighted by Gasteiger charge is -2.23. The lowest BCUT2D eigenvalue weighted by Crippen LogP contribution is -2.34. The molecule has 110 valence electrons.